The van der Waals surface area contributed by atoms with Gasteiger partial charge in [0.15, 0.2) is 12.1 Å². The predicted molar refractivity (Wildman–Crippen MR) is 142 cm³/mol. The van der Waals surface area contributed by atoms with Gasteiger partial charge in [-0.25, -0.2) is 0 Å². The number of phenols is 2. The molecule has 4 N–H and O–H groups in total. The molecule has 4 aliphatic rings. The smallest absolute Gasteiger partial charge is 0.201 e. The number of morpholine rings is 1. The van der Waals surface area contributed by atoms with Gasteiger partial charge in [-0.05, 0) is 31.0 Å². The molecule has 0 unspecified atom stereocenters. The normalized spacial score (nSPS) is 32.4. The van der Waals surface area contributed by atoms with Crippen LogP contribution in [0.15, 0.2) is 24.3 Å². The van der Waals surface area contributed by atoms with Crippen molar-refractivity contribution in [2.75, 3.05) is 26.3 Å². The number of nitrogens with zero attached hydrogens (tertiary/aromatic N) is 1. The molecule has 40 heavy (non-hydrogen) atoms. The lowest BCUT2D eigenvalue weighted by molar-refractivity contribution is -0.261. The van der Waals surface area contributed by atoms with E-state index < -0.39 is 41.8 Å². The molecule has 2 aliphatic heterocycles. The Morgan fingerprint density at radius 1 is 1.10 bits per heavy atom. The summed E-state index contributed by atoms with van der Waals surface area (Å²) in [5.74, 6) is -1.83. The summed E-state index contributed by atoms with van der Waals surface area (Å²) in [4.78, 5) is 29.1. The Kier molecular flexibility index (Phi) is 6.97. The van der Waals surface area contributed by atoms with Gasteiger partial charge in [0.2, 0.25) is 5.78 Å². The maximum atomic E-state index is 13.5. The number of hydrogen-bond acceptors (Lipinski definition) is 10. The van der Waals surface area contributed by atoms with E-state index in [2.05, 4.69) is 4.90 Å². The molecule has 0 saturated carbocycles. The van der Waals surface area contributed by atoms with Crippen LogP contribution in [0.5, 0.6) is 11.5 Å². The zero-order valence-electron chi connectivity index (χ0n) is 22.6. The lowest BCUT2D eigenvalue weighted by atomic mass is 9.73. The molecule has 2 fully saturated rings. The predicted octanol–water partition coefficient (Wildman–Crippen LogP) is 2.21. The zero-order valence-corrected chi connectivity index (χ0v) is 22.6. The van der Waals surface area contributed by atoms with Crippen LogP contribution in [0.4, 0.5) is 0 Å². The Morgan fingerprint density at radius 2 is 1.85 bits per heavy atom. The van der Waals surface area contributed by atoms with Gasteiger partial charge in [-0.3, -0.25) is 14.5 Å². The van der Waals surface area contributed by atoms with Gasteiger partial charge in [0.05, 0.1) is 48.3 Å². The average molecular weight is 554 g/mol. The van der Waals surface area contributed by atoms with Crippen molar-refractivity contribution in [3.63, 3.8) is 0 Å². The number of benzene rings is 2. The molecule has 2 aromatic carbocycles. The number of ketones is 2. The number of carbonyl (C=O) groups excluding carboxylic acids is 2. The molecule has 6 rings (SSSR count). The van der Waals surface area contributed by atoms with Crippen molar-refractivity contribution in [3.05, 3.63) is 57.6 Å². The van der Waals surface area contributed by atoms with E-state index >= 15 is 0 Å². The van der Waals surface area contributed by atoms with E-state index in [9.17, 15) is 30.0 Å². The first-order valence-corrected chi connectivity index (χ1v) is 13.9. The van der Waals surface area contributed by atoms with Crippen LogP contribution in [0, 0.1) is 0 Å². The Hall–Kier alpha value is -2.86. The van der Waals surface area contributed by atoms with Crippen LogP contribution >= 0.6 is 0 Å². The van der Waals surface area contributed by atoms with E-state index in [-0.39, 0.29) is 52.6 Å². The number of rotatable bonds is 4. The highest BCUT2D eigenvalue weighted by Crippen LogP contribution is 2.49. The van der Waals surface area contributed by atoms with Gasteiger partial charge in [-0.1, -0.05) is 19.1 Å². The Morgan fingerprint density at radius 3 is 2.58 bits per heavy atom. The van der Waals surface area contributed by atoms with Gasteiger partial charge in [0.25, 0.3) is 0 Å². The molecular formula is C30H35NO9. The highest BCUT2D eigenvalue weighted by molar-refractivity contribution is 6.30. The van der Waals surface area contributed by atoms with Crippen molar-refractivity contribution in [2.24, 2.45) is 0 Å². The van der Waals surface area contributed by atoms with E-state index in [0.29, 0.717) is 50.3 Å². The molecule has 10 heteroatoms. The first-order valence-electron chi connectivity index (χ1n) is 13.9. The second-order valence-corrected chi connectivity index (χ2v) is 11.4. The first kappa shape index (κ1) is 27.3. The fourth-order valence-corrected chi connectivity index (χ4v) is 6.72. The second kappa shape index (κ2) is 10.2. The SMILES string of the molecule is CC[C@]1(O)Cc2cc3c(c(O)c2[C@@H](O[C@@H]2C[C@H](N4CCOCC4)[C@@H](O)[C@@H](C)O2)C1)C(=O)c1c(O)cccc1C3=O. The van der Waals surface area contributed by atoms with Crippen molar-refractivity contribution in [2.45, 2.75) is 75.8 Å². The number of fused-ring (bicyclic) bond motifs is 3. The quantitative estimate of drug-likeness (QED) is 0.379. The minimum absolute atomic E-state index is 0.0384. The van der Waals surface area contributed by atoms with Crippen LogP contribution in [-0.2, 0) is 20.6 Å². The van der Waals surface area contributed by atoms with Crippen molar-refractivity contribution in [1.82, 2.24) is 4.90 Å². The largest absolute Gasteiger partial charge is 0.507 e. The van der Waals surface area contributed by atoms with Crippen LogP contribution in [0.3, 0.4) is 0 Å². The molecule has 0 spiro atoms. The summed E-state index contributed by atoms with van der Waals surface area (Å²) >= 11 is 0. The average Bonchev–Trinajstić information content (AvgIpc) is 2.93. The fraction of sp³-hybridized carbons (Fsp3) is 0.533. The number of carbonyl (C=O) groups is 2. The number of aliphatic hydroxyl groups is 2. The van der Waals surface area contributed by atoms with Gasteiger partial charge >= 0.3 is 0 Å². The van der Waals surface area contributed by atoms with Crippen LogP contribution in [0.25, 0.3) is 0 Å². The van der Waals surface area contributed by atoms with Gasteiger partial charge in [-0.15, -0.1) is 0 Å². The third kappa shape index (κ3) is 4.43. The molecule has 2 saturated heterocycles. The van der Waals surface area contributed by atoms with Crippen LogP contribution in [0.2, 0.25) is 0 Å². The topological polar surface area (TPSA) is 146 Å². The van der Waals surface area contributed by atoms with Crippen molar-refractivity contribution < 1.29 is 44.2 Å². The van der Waals surface area contributed by atoms with Crippen LogP contribution < -0.4 is 0 Å². The highest BCUT2D eigenvalue weighted by Gasteiger charge is 2.46. The minimum Gasteiger partial charge on any atom is -0.507 e. The Balaban J connectivity index is 1.38. The molecule has 2 aromatic rings. The lowest BCUT2D eigenvalue weighted by Crippen LogP contribution is -2.57. The standard InChI is InChI=1S/C30H35NO9/c1-3-30(37)13-16-11-18-25(29(36)24-17(27(18)34)5-4-6-20(24)32)28(35)23(16)21(14-30)40-22-12-19(26(33)15(2)39-22)31-7-9-38-10-8-31/h4-6,11,15,19,21-22,26,32-33,35,37H,3,7-10,12-14H2,1-2H3/t15-,19+,21+,22-,26+,30+/m1/s1. The summed E-state index contributed by atoms with van der Waals surface area (Å²) in [6.07, 6.45) is -1.74. The van der Waals surface area contributed by atoms with E-state index in [1.54, 1.807) is 13.0 Å². The number of phenolic OH excluding ortho intramolecular Hbond substituents is 2. The van der Waals surface area contributed by atoms with E-state index in [4.69, 9.17) is 14.2 Å². The summed E-state index contributed by atoms with van der Waals surface area (Å²) < 4.78 is 18.0. The van der Waals surface area contributed by atoms with Crippen molar-refractivity contribution in [1.29, 1.82) is 0 Å². The molecule has 214 valence electrons. The van der Waals surface area contributed by atoms with E-state index in [1.165, 1.54) is 18.2 Å². The maximum absolute atomic E-state index is 13.5. The summed E-state index contributed by atoms with van der Waals surface area (Å²) in [6, 6.07) is 5.65. The molecule has 0 radical (unpaired) electrons. The highest BCUT2D eigenvalue weighted by atomic mass is 16.7. The van der Waals surface area contributed by atoms with Crippen molar-refractivity contribution >= 4 is 11.6 Å². The van der Waals surface area contributed by atoms with Crippen LogP contribution in [-0.4, -0.2) is 93.3 Å². The molecule has 0 bridgehead atoms. The first-order chi connectivity index (χ1) is 19.1. The maximum Gasteiger partial charge on any atom is 0.201 e. The number of hydrogen-bond donors (Lipinski definition) is 4. The van der Waals surface area contributed by atoms with Crippen molar-refractivity contribution in [3.8, 4) is 11.5 Å². The van der Waals surface area contributed by atoms with Gasteiger partial charge in [0.1, 0.15) is 11.5 Å². The molecular weight excluding hydrogens is 518 g/mol. The molecule has 10 nitrogen and oxygen atoms in total. The van der Waals surface area contributed by atoms with Gasteiger partial charge in [0, 0.05) is 55.1 Å². The number of aromatic hydroxyl groups is 2. The monoisotopic (exact) mass is 553 g/mol. The van der Waals surface area contributed by atoms with Crippen LogP contribution in [0.1, 0.15) is 82.2 Å². The van der Waals surface area contributed by atoms with Gasteiger partial charge < -0.3 is 34.6 Å². The minimum atomic E-state index is -1.17. The summed E-state index contributed by atoms with van der Waals surface area (Å²) in [5, 5.41) is 44.3. The molecule has 2 aliphatic carbocycles. The van der Waals surface area contributed by atoms with E-state index in [1.807, 2.05) is 6.92 Å². The molecule has 2 heterocycles. The molecule has 6 atom stereocenters. The molecule has 0 amide bonds. The summed E-state index contributed by atoms with van der Waals surface area (Å²) in [6.45, 7) is 6.16. The summed E-state index contributed by atoms with van der Waals surface area (Å²) in [7, 11) is 0. The molecule has 0 aromatic heterocycles. The third-order valence-corrected chi connectivity index (χ3v) is 8.98. The second-order valence-electron chi connectivity index (χ2n) is 11.4. The van der Waals surface area contributed by atoms with E-state index in [0.717, 1.165) is 0 Å². The summed E-state index contributed by atoms with van der Waals surface area (Å²) in [5.41, 5.74) is -0.509. The fourth-order valence-electron chi connectivity index (χ4n) is 6.72. The number of aliphatic hydroxyl groups excluding tert-OH is 1. The third-order valence-electron chi connectivity index (χ3n) is 8.98. The Bertz CT molecular complexity index is 1350. The number of ether oxygens (including phenoxy) is 3. The van der Waals surface area contributed by atoms with Gasteiger partial charge in [-0.2, -0.15) is 0 Å². The zero-order chi connectivity index (χ0) is 28.3. The lowest BCUT2D eigenvalue weighted by Gasteiger charge is -2.46. The Labute approximate surface area is 232 Å².